The zero-order chi connectivity index (χ0) is 14.8. The molecule has 21 heavy (non-hydrogen) atoms. The molecule has 0 bridgehead atoms. The molecule has 0 aromatic heterocycles. The molecule has 0 unspecified atom stereocenters. The minimum absolute atomic E-state index is 0.295. The third kappa shape index (κ3) is 3.08. The zero-order valence-corrected chi connectivity index (χ0v) is 13.6. The van der Waals surface area contributed by atoms with Gasteiger partial charge >= 0.3 is 0 Å². The molecule has 0 saturated carbocycles. The van der Waals surface area contributed by atoms with Crippen molar-refractivity contribution in [1.29, 1.82) is 0 Å². The highest BCUT2D eigenvalue weighted by Gasteiger charge is 2.16. The van der Waals surface area contributed by atoms with Crippen LogP contribution in [0, 0.1) is 0 Å². The third-order valence-electron chi connectivity index (χ3n) is 3.39. The summed E-state index contributed by atoms with van der Waals surface area (Å²) < 4.78 is 11.8. The first-order valence-corrected chi connectivity index (χ1v) is 7.52. The van der Waals surface area contributed by atoms with Crippen molar-refractivity contribution in [3.8, 4) is 11.5 Å². The molecule has 0 aliphatic carbocycles. The van der Waals surface area contributed by atoms with E-state index in [1.807, 2.05) is 32.3 Å². The first kappa shape index (κ1) is 14.1. The Morgan fingerprint density at radius 1 is 1.14 bits per heavy atom. The van der Waals surface area contributed by atoms with Gasteiger partial charge in [-0.05, 0) is 35.9 Å². The normalized spacial score (nSPS) is 12.3. The Labute approximate surface area is 132 Å². The van der Waals surface area contributed by atoms with Crippen molar-refractivity contribution in [3.05, 3.63) is 46.4 Å². The SMILES string of the molecule is CN(C)c1cccc(NCc2cc3c(cc2Br)OCO3)c1. The number of nitrogens with zero attached hydrogens (tertiary/aromatic N) is 1. The number of nitrogens with one attached hydrogen (secondary N) is 1. The van der Waals surface area contributed by atoms with Gasteiger partial charge in [-0.15, -0.1) is 0 Å². The van der Waals surface area contributed by atoms with Gasteiger partial charge in [0.15, 0.2) is 11.5 Å². The lowest BCUT2D eigenvalue weighted by Crippen LogP contribution is -2.09. The van der Waals surface area contributed by atoms with E-state index in [9.17, 15) is 0 Å². The Bertz CT molecular complexity index is 659. The Morgan fingerprint density at radius 3 is 2.67 bits per heavy atom. The summed E-state index contributed by atoms with van der Waals surface area (Å²) in [6.07, 6.45) is 0. The predicted octanol–water partition coefficient (Wildman–Crippen LogP) is 3.86. The van der Waals surface area contributed by atoms with Crippen LogP contribution in [0.15, 0.2) is 40.9 Å². The second-order valence-electron chi connectivity index (χ2n) is 5.10. The van der Waals surface area contributed by atoms with E-state index < -0.39 is 0 Å². The van der Waals surface area contributed by atoms with Crippen LogP contribution in [0.25, 0.3) is 0 Å². The summed E-state index contributed by atoms with van der Waals surface area (Å²) in [6, 6.07) is 12.3. The van der Waals surface area contributed by atoms with Gasteiger partial charge in [0.2, 0.25) is 6.79 Å². The lowest BCUT2D eigenvalue weighted by molar-refractivity contribution is 0.174. The second-order valence-corrected chi connectivity index (χ2v) is 5.95. The van der Waals surface area contributed by atoms with Crippen LogP contribution in [0.2, 0.25) is 0 Å². The van der Waals surface area contributed by atoms with Crippen LogP contribution in [-0.4, -0.2) is 20.9 Å². The first-order chi connectivity index (χ1) is 10.1. The highest BCUT2D eigenvalue weighted by atomic mass is 79.9. The highest BCUT2D eigenvalue weighted by Crippen LogP contribution is 2.37. The lowest BCUT2D eigenvalue weighted by Gasteiger charge is -2.15. The average molecular weight is 349 g/mol. The Kier molecular flexibility index (Phi) is 3.92. The highest BCUT2D eigenvalue weighted by molar-refractivity contribution is 9.10. The van der Waals surface area contributed by atoms with E-state index in [-0.39, 0.29) is 0 Å². The van der Waals surface area contributed by atoms with Crippen molar-refractivity contribution in [3.63, 3.8) is 0 Å². The van der Waals surface area contributed by atoms with Gasteiger partial charge in [-0.1, -0.05) is 22.0 Å². The quantitative estimate of drug-likeness (QED) is 0.909. The summed E-state index contributed by atoms with van der Waals surface area (Å²) in [5.74, 6) is 1.59. The zero-order valence-electron chi connectivity index (χ0n) is 12.0. The number of halogens is 1. The van der Waals surface area contributed by atoms with Crippen molar-refractivity contribution in [2.24, 2.45) is 0 Å². The van der Waals surface area contributed by atoms with Crippen molar-refractivity contribution >= 4 is 27.3 Å². The van der Waals surface area contributed by atoms with Gasteiger partial charge in [-0.3, -0.25) is 0 Å². The number of benzene rings is 2. The molecule has 2 aromatic rings. The minimum atomic E-state index is 0.295. The van der Waals surface area contributed by atoms with Crippen LogP contribution in [0.4, 0.5) is 11.4 Å². The number of anilines is 2. The van der Waals surface area contributed by atoms with Crippen LogP contribution >= 0.6 is 15.9 Å². The summed E-state index contributed by atoms with van der Waals surface area (Å²) in [5, 5.41) is 3.44. The van der Waals surface area contributed by atoms with Crippen LogP contribution in [0.3, 0.4) is 0 Å². The molecule has 0 spiro atoms. The number of ether oxygens (including phenoxy) is 2. The second kappa shape index (κ2) is 5.85. The van der Waals surface area contributed by atoms with Crippen molar-refractivity contribution in [2.75, 3.05) is 31.1 Å². The largest absolute Gasteiger partial charge is 0.454 e. The van der Waals surface area contributed by atoms with E-state index in [0.29, 0.717) is 13.3 Å². The predicted molar refractivity (Wildman–Crippen MR) is 88.4 cm³/mol. The molecular formula is C16H17BrN2O2. The molecule has 1 aliphatic rings. The molecule has 0 saturated heterocycles. The topological polar surface area (TPSA) is 33.7 Å². The van der Waals surface area contributed by atoms with Gasteiger partial charge in [0.1, 0.15) is 0 Å². The van der Waals surface area contributed by atoms with E-state index in [0.717, 1.165) is 27.2 Å². The molecule has 0 amide bonds. The molecule has 1 N–H and O–H groups in total. The van der Waals surface area contributed by atoms with Gasteiger partial charge in [-0.2, -0.15) is 0 Å². The number of rotatable bonds is 4. The Morgan fingerprint density at radius 2 is 1.90 bits per heavy atom. The van der Waals surface area contributed by atoms with Crippen LogP contribution in [-0.2, 0) is 6.54 Å². The van der Waals surface area contributed by atoms with E-state index in [4.69, 9.17) is 9.47 Å². The molecule has 0 fully saturated rings. The van der Waals surface area contributed by atoms with Gasteiger partial charge in [0.05, 0.1) is 0 Å². The fraction of sp³-hybridized carbons (Fsp3) is 0.250. The molecule has 1 heterocycles. The lowest BCUT2D eigenvalue weighted by atomic mass is 10.2. The third-order valence-corrected chi connectivity index (χ3v) is 4.13. The summed E-state index contributed by atoms with van der Waals surface area (Å²) in [4.78, 5) is 2.08. The molecule has 0 radical (unpaired) electrons. The molecule has 0 atom stereocenters. The monoisotopic (exact) mass is 348 g/mol. The summed E-state index contributed by atoms with van der Waals surface area (Å²) >= 11 is 3.58. The maximum atomic E-state index is 5.42. The fourth-order valence-corrected chi connectivity index (χ4v) is 2.65. The number of fused-ring (bicyclic) bond motifs is 1. The minimum Gasteiger partial charge on any atom is -0.454 e. The molecule has 4 nitrogen and oxygen atoms in total. The maximum absolute atomic E-state index is 5.42. The van der Waals surface area contributed by atoms with E-state index in [1.54, 1.807) is 0 Å². The van der Waals surface area contributed by atoms with Crippen molar-refractivity contribution < 1.29 is 9.47 Å². The van der Waals surface area contributed by atoms with Crippen LogP contribution in [0.5, 0.6) is 11.5 Å². The van der Waals surface area contributed by atoms with Crippen LogP contribution < -0.4 is 19.7 Å². The maximum Gasteiger partial charge on any atom is 0.231 e. The van der Waals surface area contributed by atoms with Crippen LogP contribution in [0.1, 0.15) is 5.56 Å². The summed E-state index contributed by atoms with van der Waals surface area (Å²) in [6.45, 7) is 1.01. The first-order valence-electron chi connectivity index (χ1n) is 6.73. The summed E-state index contributed by atoms with van der Waals surface area (Å²) in [5.41, 5.74) is 3.39. The van der Waals surface area contributed by atoms with E-state index >= 15 is 0 Å². The Balaban J connectivity index is 1.74. The smallest absolute Gasteiger partial charge is 0.231 e. The van der Waals surface area contributed by atoms with Gasteiger partial charge in [-0.25, -0.2) is 0 Å². The molecule has 5 heteroatoms. The van der Waals surface area contributed by atoms with Gasteiger partial charge in [0.25, 0.3) is 0 Å². The van der Waals surface area contributed by atoms with E-state index in [1.165, 1.54) is 5.69 Å². The molecule has 2 aromatic carbocycles. The van der Waals surface area contributed by atoms with Crippen molar-refractivity contribution in [2.45, 2.75) is 6.54 Å². The number of hydrogen-bond donors (Lipinski definition) is 1. The molecule has 3 rings (SSSR count). The molecule has 110 valence electrons. The van der Waals surface area contributed by atoms with E-state index in [2.05, 4.69) is 44.3 Å². The molecular weight excluding hydrogens is 332 g/mol. The standard InChI is InChI=1S/C16H17BrN2O2/c1-19(2)13-5-3-4-12(7-13)18-9-11-6-15-16(8-14(11)17)21-10-20-15/h3-8,18H,9-10H2,1-2H3. The molecule has 1 aliphatic heterocycles. The van der Waals surface area contributed by atoms with Gasteiger partial charge in [0, 0.05) is 36.5 Å². The average Bonchev–Trinajstić information content (AvgIpc) is 2.92. The fourth-order valence-electron chi connectivity index (χ4n) is 2.19. The van der Waals surface area contributed by atoms with Crippen molar-refractivity contribution in [1.82, 2.24) is 0 Å². The summed E-state index contributed by atoms with van der Waals surface area (Å²) in [7, 11) is 4.07. The number of hydrogen-bond acceptors (Lipinski definition) is 4. The Hall–Kier alpha value is -1.88. The van der Waals surface area contributed by atoms with Gasteiger partial charge < -0.3 is 19.7 Å².